The predicted octanol–water partition coefficient (Wildman–Crippen LogP) is 1.57. The first-order chi connectivity index (χ1) is 5.68. The standard InChI is InChI=1S/C8H8BrNO2/c9-8(11)5-12-7-3-1-6(10)2-4-7/h1-4H,5,10H2. The molecule has 1 aromatic carbocycles. The van der Waals surface area contributed by atoms with Crippen molar-refractivity contribution in [2.75, 3.05) is 12.3 Å². The smallest absolute Gasteiger partial charge is 0.235 e. The summed E-state index contributed by atoms with van der Waals surface area (Å²) in [7, 11) is 0. The van der Waals surface area contributed by atoms with Gasteiger partial charge in [-0.3, -0.25) is 4.79 Å². The number of rotatable bonds is 3. The summed E-state index contributed by atoms with van der Waals surface area (Å²) in [5.41, 5.74) is 6.12. The zero-order valence-electron chi connectivity index (χ0n) is 6.29. The van der Waals surface area contributed by atoms with E-state index in [1.54, 1.807) is 24.3 Å². The van der Waals surface area contributed by atoms with E-state index < -0.39 is 0 Å². The lowest BCUT2D eigenvalue weighted by Crippen LogP contribution is -2.03. The number of anilines is 1. The third-order valence-electron chi connectivity index (χ3n) is 1.23. The Kier molecular flexibility index (Phi) is 3.10. The summed E-state index contributed by atoms with van der Waals surface area (Å²) in [5, 5.41) is 0. The Bertz CT molecular complexity index is 271. The van der Waals surface area contributed by atoms with Crippen LogP contribution in [0.2, 0.25) is 0 Å². The molecule has 0 atom stereocenters. The van der Waals surface area contributed by atoms with E-state index in [-0.39, 0.29) is 11.3 Å². The summed E-state index contributed by atoms with van der Waals surface area (Å²) in [5.74, 6) is 0.636. The normalized spacial score (nSPS) is 9.42. The molecule has 3 nitrogen and oxygen atoms in total. The molecule has 1 aromatic rings. The molecule has 0 spiro atoms. The molecule has 0 aliphatic heterocycles. The lowest BCUT2D eigenvalue weighted by Gasteiger charge is -2.02. The highest BCUT2D eigenvalue weighted by Crippen LogP contribution is 2.12. The SMILES string of the molecule is Nc1ccc(OCC(=O)Br)cc1. The van der Waals surface area contributed by atoms with Gasteiger partial charge in [-0.1, -0.05) is 0 Å². The largest absolute Gasteiger partial charge is 0.485 e. The molecule has 4 heteroatoms. The van der Waals surface area contributed by atoms with Crippen LogP contribution < -0.4 is 10.5 Å². The van der Waals surface area contributed by atoms with E-state index in [1.165, 1.54) is 0 Å². The molecule has 0 radical (unpaired) electrons. The third-order valence-corrected chi connectivity index (χ3v) is 1.46. The molecular weight excluding hydrogens is 222 g/mol. The fourth-order valence-electron chi connectivity index (χ4n) is 0.704. The van der Waals surface area contributed by atoms with Gasteiger partial charge in [0.1, 0.15) is 5.75 Å². The van der Waals surface area contributed by atoms with Crippen LogP contribution in [0.1, 0.15) is 0 Å². The molecule has 0 aliphatic carbocycles. The summed E-state index contributed by atoms with van der Waals surface area (Å²) in [6, 6.07) is 6.86. The summed E-state index contributed by atoms with van der Waals surface area (Å²) in [4.78, 5) is 10.5. The van der Waals surface area contributed by atoms with Crippen molar-refractivity contribution in [2.45, 2.75) is 0 Å². The van der Waals surface area contributed by atoms with Crippen LogP contribution in [0.5, 0.6) is 5.75 Å². The van der Waals surface area contributed by atoms with Crippen LogP contribution in [0.4, 0.5) is 5.69 Å². The van der Waals surface area contributed by atoms with E-state index in [0.717, 1.165) is 0 Å². The predicted molar refractivity (Wildman–Crippen MR) is 50.3 cm³/mol. The molecule has 12 heavy (non-hydrogen) atoms. The number of halogens is 1. The Morgan fingerprint density at radius 3 is 2.50 bits per heavy atom. The molecule has 0 aliphatic rings. The van der Waals surface area contributed by atoms with Crippen LogP contribution >= 0.6 is 15.9 Å². The number of ether oxygens (including phenoxy) is 1. The monoisotopic (exact) mass is 229 g/mol. The number of carbonyl (C=O) groups excluding carboxylic acids is 1. The maximum atomic E-state index is 10.5. The maximum Gasteiger partial charge on any atom is 0.235 e. The topological polar surface area (TPSA) is 52.3 Å². The minimum Gasteiger partial charge on any atom is -0.485 e. The Morgan fingerprint density at radius 2 is 2.00 bits per heavy atom. The fourth-order valence-corrected chi connectivity index (χ4v) is 0.819. The van der Waals surface area contributed by atoms with Crippen molar-refractivity contribution in [3.63, 3.8) is 0 Å². The second-order valence-electron chi connectivity index (χ2n) is 2.21. The van der Waals surface area contributed by atoms with Gasteiger partial charge in [0.15, 0.2) is 6.61 Å². The highest BCUT2D eigenvalue weighted by Gasteiger charge is 1.96. The van der Waals surface area contributed by atoms with E-state index in [2.05, 4.69) is 15.9 Å². The van der Waals surface area contributed by atoms with Gasteiger partial charge in [0.2, 0.25) is 4.69 Å². The van der Waals surface area contributed by atoms with Crippen molar-refractivity contribution in [3.05, 3.63) is 24.3 Å². The Balaban J connectivity index is 2.53. The molecule has 1 rings (SSSR count). The summed E-state index contributed by atoms with van der Waals surface area (Å²) >= 11 is 2.76. The van der Waals surface area contributed by atoms with Crippen LogP contribution in [0.25, 0.3) is 0 Å². The van der Waals surface area contributed by atoms with Crippen LogP contribution in [0, 0.1) is 0 Å². The molecule has 0 saturated heterocycles. The van der Waals surface area contributed by atoms with Crippen molar-refractivity contribution in [2.24, 2.45) is 0 Å². The molecule has 0 heterocycles. The van der Waals surface area contributed by atoms with Crippen molar-refractivity contribution < 1.29 is 9.53 Å². The molecule has 0 unspecified atom stereocenters. The van der Waals surface area contributed by atoms with Crippen LogP contribution in [-0.2, 0) is 4.79 Å². The van der Waals surface area contributed by atoms with Crippen molar-refractivity contribution >= 4 is 26.3 Å². The van der Waals surface area contributed by atoms with Gasteiger partial charge in [-0.2, -0.15) is 0 Å². The van der Waals surface area contributed by atoms with Gasteiger partial charge in [0.05, 0.1) is 0 Å². The molecule has 0 amide bonds. The fraction of sp³-hybridized carbons (Fsp3) is 0.125. The number of hydrogen-bond donors (Lipinski definition) is 1. The highest BCUT2D eigenvalue weighted by atomic mass is 79.9. The molecule has 0 fully saturated rings. The van der Waals surface area contributed by atoms with E-state index in [4.69, 9.17) is 10.5 Å². The molecule has 0 aromatic heterocycles. The van der Waals surface area contributed by atoms with Gasteiger partial charge in [0.25, 0.3) is 0 Å². The Labute approximate surface area is 78.6 Å². The van der Waals surface area contributed by atoms with Gasteiger partial charge in [-0.25, -0.2) is 0 Å². The number of hydrogen-bond acceptors (Lipinski definition) is 3. The van der Waals surface area contributed by atoms with Crippen LogP contribution in [0.15, 0.2) is 24.3 Å². The second kappa shape index (κ2) is 4.11. The van der Waals surface area contributed by atoms with E-state index in [0.29, 0.717) is 11.4 Å². The average molecular weight is 230 g/mol. The van der Waals surface area contributed by atoms with E-state index in [9.17, 15) is 4.79 Å². The number of carbonyl (C=O) groups is 1. The molecule has 0 bridgehead atoms. The van der Waals surface area contributed by atoms with Gasteiger partial charge < -0.3 is 10.5 Å². The van der Waals surface area contributed by atoms with Crippen LogP contribution in [-0.4, -0.2) is 11.3 Å². The van der Waals surface area contributed by atoms with Crippen LogP contribution in [0.3, 0.4) is 0 Å². The number of nitrogen functional groups attached to an aromatic ring is 1. The number of benzene rings is 1. The van der Waals surface area contributed by atoms with Crippen molar-refractivity contribution in [1.29, 1.82) is 0 Å². The molecular formula is C8H8BrNO2. The summed E-state index contributed by atoms with van der Waals surface area (Å²) in [6.07, 6.45) is 0. The van der Waals surface area contributed by atoms with Crippen molar-refractivity contribution in [1.82, 2.24) is 0 Å². The first-order valence-corrected chi connectivity index (χ1v) is 4.14. The molecule has 0 saturated carbocycles. The third kappa shape index (κ3) is 2.92. The van der Waals surface area contributed by atoms with E-state index in [1.807, 2.05) is 0 Å². The molecule has 2 N–H and O–H groups in total. The second-order valence-corrected chi connectivity index (χ2v) is 3.10. The highest BCUT2D eigenvalue weighted by molar-refractivity contribution is 9.18. The summed E-state index contributed by atoms with van der Waals surface area (Å²) < 4.78 is 4.89. The van der Waals surface area contributed by atoms with Gasteiger partial charge in [-0.05, 0) is 40.2 Å². The lowest BCUT2D eigenvalue weighted by molar-refractivity contribution is -0.112. The quantitative estimate of drug-likeness (QED) is 0.633. The average Bonchev–Trinajstić information content (AvgIpc) is 2.03. The lowest BCUT2D eigenvalue weighted by atomic mass is 10.3. The van der Waals surface area contributed by atoms with Crippen molar-refractivity contribution in [3.8, 4) is 5.75 Å². The summed E-state index contributed by atoms with van der Waals surface area (Å²) in [6.45, 7) is 0.0317. The Hall–Kier alpha value is -1.03. The zero-order valence-corrected chi connectivity index (χ0v) is 7.87. The maximum absolute atomic E-state index is 10.5. The van der Waals surface area contributed by atoms with Gasteiger partial charge in [0, 0.05) is 5.69 Å². The van der Waals surface area contributed by atoms with Gasteiger partial charge in [-0.15, -0.1) is 0 Å². The zero-order chi connectivity index (χ0) is 8.97. The minimum atomic E-state index is -0.181. The first-order valence-electron chi connectivity index (χ1n) is 3.35. The molecule has 64 valence electrons. The number of nitrogens with two attached hydrogens (primary N) is 1. The first kappa shape index (κ1) is 9.06. The van der Waals surface area contributed by atoms with Gasteiger partial charge >= 0.3 is 0 Å². The minimum absolute atomic E-state index is 0.0317. The Morgan fingerprint density at radius 1 is 1.42 bits per heavy atom. The van der Waals surface area contributed by atoms with E-state index >= 15 is 0 Å².